The molecular formula is C21H31N5O. The lowest BCUT2D eigenvalue weighted by atomic mass is 9.92. The van der Waals surface area contributed by atoms with Crippen LogP contribution in [0.25, 0.3) is 5.69 Å². The molecule has 1 fully saturated rings. The predicted octanol–water partition coefficient (Wildman–Crippen LogP) is 3.04. The van der Waals surface area contributed by atoms with E-state index in [-0.39, 0.29) is 6.03 Å². The van der Waals surface area contributed by atoms with Crippen LogP contribution in [-0.2, 0) is 6.54 Å². The number of nitrogens with zero attached hydrogens (tertiary/aromatic N) is 3. The Bertz CT molecular complexity index is 705. The molecule has 2 aromatic rings. The van der Waals surface area contributed by atoms with E-state index in [1.54, 1.807) is 6.20 Å². The van der Waals surface area contributed by atoms with Crippen LogP contribution in [0.5, 0.6) is 0 Å². The van der Waals surface area contributed by atoms with Gasteiger partial charge in [-0.3, -0.25) is 0 Å². The Labute approximate surface area is 161 Å². The Balaban J connectivity index is 1.35. The molecule has 6 nitrogen and oxygen atoms in total. The highest BCUT2D eigenvalue weighted by atomic mass is 16.2. The smallest absolute Gasteiger partial charge is 0.315 e. The number of hydrogen-bond donors (Lipinski definition) is 2. The first kappa shape index (κ1) is 19.4. The second-order valence-corrected chi connectivity index (χ2v) is 7.79. The Morgan fingerprint density at radius 3 is 2.74 bits per heavy atom. The zero-order valence-corrected chi connectivity index (χ0v) is 16.4. The maximum atomic E-state index is 12.0. The molecule has 0 radical (unpaired) electrons. The van der Waals surface area contributed by atoms with Gasteiger partial charge in [0.2, 0.25) is 0 Å². The SMILES string of the molecule is CC1CC(C)CN(CCCNC(=O)NCc2cccc(-n3cccn3)c2)C1. The van der Waals surface area contributed by atoms with Crippen LogP contribution in [0.4, 0.5) is 4.79 Å². The molecule has 6 heteroatoms. The van der Waals surface area contributed by atoms with Crippen LogP contribution in [0, 0.1) is 11.8 Å². The fourth-order valence-electron chi connectivity index (χ4n) is 3.95. The number of amides is 2. The van der Waals surface area contributed by atoms with Gasteiger partial charge >= 0.3 is 6.03 Å². The molecular weight excluding hydrogens is 338 g/mol. The van der Waals surface area contributed by atoms with Crippen LogP contribution in [-0.4, -0.2) is 46.9 Å². The van der Waals surface area contributed by atoms with Crippen molar-refractivity contribution in [3.05, 3.63) is 48.3 Å². The standard InChI is InChI=1S/C21H31N5O/c1-17-12-18(2)16-25(15-17)10-4-8-22-21(27)23-14-19-6-3-7-20(13-19)26-11-5-9-24-26/h3,5-7,9,11,13,17-18H,4,8,10,12,14-16H2,1-2H3,(H2,22,23,27). The van der Waals surface area contributed by atoms with E-state index in [2.05, 4.69) is 34.5 Å². The lowest BCUT2D eigenvalue weighted by Gasteiger charge is -2.34. The molecule has 2 heterocycles. The third-order valence-electron chi connectivity index (χ3n) is 5.01. The van der Waals surface area contributed by atoms with Crippen molar-refractivity contribution in [2.24, 2.45) is 11.8 Å². The summed E-state index contributed by atoms with van der Waals surface area (Å²) in [4.78, 5) is 14.6. The van der Waals surface area contributed by atoms with Gasteiger partial charge < -0.3 is 15.5 Å². The number of urea groups is 1. The number of hydrogen-bond acceptors (Lipinski definition) is 3. The van der Waals surface area contributed by atoms with E-state index in [1.165, 1.54) is 19.5 Å². The maximum Gasteiger partial charge on any atom is 0.315 e. The number of aromatic nitrogens is 2. The van der Waals surface area contributed by atoms with Crippen molar-refractivity contribution in [3.8, 4) is 5.69 Å². The van der Waals surface area contributed by atoms with Gasteiger partial charge in [-0.1, -0.05) is 26.0 Å². The summed E-state index contributed by atoms with van der Waals surface area (Å²) in [6.07, 6.45) is 5.98. The Hall–Kier alpha value is -2.34. The molecule has 2 N–H and O–H groups in total. The minimum Gasteiger partial charge on any atom is -0.338 e. The second-order valence-electron chi connectivity index (χ2n) is 7.79. The zero-order valence-electron chi connectivity index (χ0n) is 16.4. The number of carbonyl (C=O) groups excluding carboxylic acids is 1. The first-order valence-corrected chi connectivity index (χ1v) is 9.93. The Morgan fingerprint density at radius 2 is 2.00 bits per heavy atom. The largest absolute Gasteiger partial charge is 0.338 e. The highest BCUT2D eigenvalue weighted by Gasteiger charge is 2.20. The maximum absolute atomic E-state index is 12.0. The number of rotatable bonds is 7. The van der Waals surface area contributed by atoms with Crippen LogP contribution in [0.15, 0.2) is 42.7 Å². The van der Waals surface area contributed by atoms with Gasteiger partial charge in [-0.25, -0.2) is 9.48 Å². The molecule has 0 saturated carbocycles. The summed E-state index contributed by atoms with van der Waals surface area (Å²) in [6.45, 7) is 9.29. The summed E-state index contributed by atoms with van der Waals surface area (Å²) in [5.41, 5.74) is 2.04. The summed E-state index contributed by atoms with van der Waals surface area (Å²) in [6, 6.07) is 9.80. The first-order chi connectivity index (χ1) is 13.1. The van der Waals surface area contributed by atoms with E-state index in [4.69, 9.17) is 0 Å². The number of nitrogens with one attached hydrogen (secondary N) is 2. The number of benzene rings is 1. The van der Waals surface area contributed by atoms with Crippen molar-refractivity contribution in [2.75, 3.05) is 26.2 Å². The molecule has 1 aliphatic rings. The van der Waals surface area contributed by atoms with Gasteiger partial charge in [0.15, 0.2) is 0 Å². The Kier molecular flexibility index (Phi) is 6.87. The highest BCUT2D eigenvalue weighted by Crippen LogP contribution is 2.20. The summed E-state index contributed by atoms with van der Waals surface area (Å²) in [7, 11) is 0. The molecule has 1 saturated heterocycles. The lowest BCUT2D eigenvalue weighted by Crippen LogP contribution is -2.41. The van der Waals surface area contributed by atoms with Gasteiger partial charge in [0, 0.05) is 38.6 Å². The monoisotopic (exact) mass is 369 g/mol. The summed E-state index contributed by atoms with van der Waals surface area (Å²) >= 11 is 0. The van der Waals surface area contributed by atoms with Crippen molar-refractivity contribution in [1.29, 1.82) is 0 Å². The number of piperidine rings is 1. The highest BCUT2D eigenvalue weighted by molar-refractivity contribution is 5.73. The molecule has 0 aliphatic carbocycles. The van der Waals surface area contributed by atoms with Gasteiger partial charge in [-0.2, -0.15) is 5.10 Å². The van der Waals surface area contributed by atoms with Crippen LogP contribution >= 0.6 is 0 Å². The van der Waals surface area contributed by atoms with Crippen molar-refractivity contribution < 1.29 is 4.79 Å². The van der Waals surface area contributed by atoms with E-state index in [9.17, 15) is 4.79 Å². The molecule has 0 spiro atoms. The molecule has 0 bridgehead atoms. The van der Waals surface area contributed by atoms with Gasteiger partial charge in [-0.15, -0.1) is 0 Å². The normalized spacial score (nSPS) is 20.4. The van der Waals surface area contributed by atoms with E-state index in [0.29, 0.717) is 13.1 Å². The molecule has 1 aromatic carbocycles. The molecule has 1 aliphatic heterocycles. The fourth-order valence-corrected chi connectivity index (χ4v) is 3.95. The quantitative estimate of drug-likeness (QED) is 0.738. The van der Waals surface area contributed by atoms with Gasteiger partial charge in [0.05, 0.1) is 5.69 Å². The van der Waals surface area contributed by atoms with Gasteiger partial charge in [0.25, 0.3) is 0 Å². The van der Waals surface area contributed by atoms with Crippen LogP contribution in [0.2, 0.25) is 0 Å². The minimum atomic E-state index is -0.111. The van der Waals surface area contributed by atoms with E-state index < -0.39 is 0 Å². The molecule has 2 unspecified atom stereocenters. The van der Waals surface area contributed by atoms with Gasteiger partial charge in [0.1, 0.15) is 0 Å². The average Bonchev–Trinajstić information content (AvgIpc) is 3.18. The summed E-state index contributed by atoms with van der Waals surface area (Å²) < 4.78 is 1.81. The topological polar surface area (TPSA) is 62.2 Å². The molecule has 3 rings (SSSR count). The second kappa shape index (κ2) is 9.55. The van der Waals surface area contributed by atoms with Crippen LogP contribution in [0.1, 0.15) is 32.3 Å². The van der Waals surface area contributed by atoms with Crippen molar-refractivity contribution in [1.82, 2.24) is 25.3 Å². The number of likely N-dealkylation sites (tertiary alicyclic amines) is 1. The Morgan fingerprint density at radius 1 is 1.19 bits per heavy atom. The van der Waals surface area contributed by atoms with Crippen LogP contribution in [0.3, 0.4) is 0 Å². The van der Waals surface area contributed by atoms with E-state index in [0.717, 1.165) is 36.1 Å². The van der Waals surface area contributed by atoms with Crippen LogP contribution < -0.4 is 10.6 Å². The molecule has 27 heavy (non-hydrogen) atoms. The molecule has 2 amide bonds. The third kappa shape index (κ3) is 6.10. The number of carbonyl (C=O) groups is 1. The van der Waals surface area contributed by atoms with Crippen molar-refractivity contribution >= 4 is 6.03 Å². The predicted molar refractivity (Wildman–Crippen MR) is 108 cm³/mol. The molecule has 1 aromatic heterocycles. The first-order valence-electron chi connectivity index (χ1n) is 9.93. The van der Waals surface area contributed by atoms with Gasteiger partial charge in [-0.05, 0) is 55.0 Å². The summed E-state index contributed by atoms with van der Waals surface area (Å²) in [5, 5.41) is 10.1. The average molecular weight is 370 g/mol. The van der Waals surface area contributed by atoms with E-state index >= 15 is 0 Å². The van der Waals surface area contributed by atoms with E-state index in [1.807, 2.05) is 41.2 Å². The lowest BCUT2D eigenvalue weighted by molar-refractivity contribution is 0.139. The zero-order chi connectivity index (χ0) is 19.1. The van der Waals surface area contributed by atoms with Crippen molar-refractivity contribution in [3.63, 3.8) is 0 Å². The molecule has 146 valence electrons. The van der Waals surface area contributed by atoms with Crippen molar-refractivity contribution in [2.45, 2.75) is 33.2 Å². The minimum absolute atomic E-state index is 0.111. The summed E-state index contributed by atoms with van der Waals surface area (Å²) in [5.74, 6) is 1.56. The third-order valence-corrected chi connectivity index (χ3v) is 5.01. The fraction of sp³-hybridized carbons (Fsp3) is 0.524. The molecule has 2 atom stereocenters.